The summed E-state index contributed by atoms with van der Waals surface area (Å²) in [6.07, 6.45) is 1.86. The van der Waals surface area contributed by atoms with E-state index in [9.17, 15) is 9.59 Å². The van der Waals surface area contributed by atoms with Gasteiger partial charge in [-0.05, 0) is 6.07 Å². The molecule has 7 heteroatoms. The second kappa shape index (κ2) is 6.78. The molecule has 0 aliphatic carbocycles. The van der Waals surface area contributed by atoms with Gasteiger partial charge in [-0.1, -0.05) is 18.2 Å². The third-order valence-electron chi connectivity index (χ3n) is 3.80. The Hall–Kier alpha value is -2.41. The molecule has 0 unspecified atom stereocenters. The Labute approximate surface area is 138 Å². The maximum atomic E-state index is 12.2. The quantitative estimate of drug-likeness (QED) is 0.911. The van der Waals surface area contributed by atoms with Crippen molar-refractivity contribution in [1.29, 1.82) is 0 Å². The summed E-state index contributed by atoms with van der Waals surface area (Å²) in [6, 6.07) is 7.58. The fourth-order valence-electron chi connectivity index (χ4n) is 2.63. The number of likely N-dealkylation sites (tertiary alicyclic amines) is 1. The highest BCUT2D eigenvalue weighted by Crippen LogP contribution is 2.25. The van der Waals surface area contributed by atoms with Crippen molar-refractivity contribution >= 4 is 28.3 Å². The van der Waals surface area contributed by atoms with Crippen molar-refractivity contribution in [2.45, 2.75) is 13.0 Å². The van der Waals surface area contributed by atoms with Gasteiger partial charge in [-0.2, -0.15) is 0 Å². The number of anilines is 1. The Balaban J connectivity index is 1.64. The number of para-hydroxylation sites is 1. The van der Waals surface area contributed by atoms with Crippen LogP contribution in [-0.2, 0) is 16.1 Å². The first kappa shape index (κ1) is 15.5. The van der Waals surface area contributed by atoms with Gasteiger partial charge in [0.15, 0.2) is 5.13 Å². The smallest absolute Gasteiger partial charge is 0.231 e. The number of hydrogen-bond acceptors (Lipinski definition) is 5. The molecule has 0 spiro atoms. The van der Waals surface area contributed by atoms with E-state index in [1.165, 1.54) is 11.3 Å². The van der Waals surface area contributed by atoms with E-state index in [4.69, 9.17) is 4.74 Å². The molecular weight excluding hydrogens is 314 g/mol. The SMILES string of the molecule is COc1ccccc1CN1C[C@H](C(=O)Nc2nccs2)CC1=O. The molecule has 1 N–H and O–H groups in total. The number of aromatic nitrogens is 1. The van der Waals surface area contributed by atoms with Crippen LogP contribution in [-0.4, -0.2) is 35.4 Å². The molecule has 0 saturated carbocycles. The van der Waals surface area contributed by atoms with E-state index in [-0.39, 0.29) is 24.2 Å². The van der Waals surface area contributed by atoms with Crippen molar-refractivity contribution < 1.29 is 14.3 Å². The van der Waals surface area contributed by atoms with E-state index >= 15 is 0 Å². The normalized spacial score (nSPS) is 17.3. The van der Waals surface area contributed by atoms with Crippen LogP contribution in [0, 0.1) is 5.92 Å². The van der Waals surface area contributed by atoms with Gasteiger partial charge in [0, 0.05) is 36.7 Å². The zero-order valence-electron chi connectivity index (χ0n) is 12.7. The highest BCUT2D eigenvalue weighted by molar-refractivity contribution is 7.13. The lowest BCUT2D eigenvalue weighted by Gasteiger charge is -2.18. The van der Waals surface area contributed by atoms with Crippen LogP contribution in [0.3, 0.4) is 0 Å². The minimum absolute atomic E-state index is 0.0183. The van der Waals surface area contributed by atoms with Gasteiger partial charge in [-0.15, -0.1) is 11.3 Å². The standard InChI is InChI=1S/C16H17N3O3S/c1-22-13-5-3-2-4-11(13)9-19-10-12(8-14(19)20)15(21)18-16-17-6-7-23-16/h2-7,12H,8-10H2,1H3,(H,17,18,21)/t12-/m1/s1. The topological polar surface area (TPSA) is 71.5 Å². The number of nitrogens with one attached hydrogen (secondary N) is 1. The molecule has 23 heavy (non-hydrogen) atoms. The Morgan fingerprint density at radius 2 is 2.30 bits per heavy atom. The summed E-state index contributed by atoms with van der Waals surface area (Å²) in [5.74, 6) is 0.225. The fraction of sp³-hybridized carbons (Fsp3) is 0.312. The number of ether oxygens (including phenoxy) is 1. The first-order chi connectivity index (χ1) is 11.2. The van der Waals surface area contributed by atoms with Gasteiger partial charge < -0.3 is 15.0 Å². The second-order valence-electron chi connectivity index (χ2n) is 5.31. The number of benzene rings is 1. The minimum Gasteiger partial charge on any atom is -0.496 e. The summed E-state index contributed by atoms with van der Waals surface area (Å²) in [4.78, 5) is 30.1. The summed E-state index contributed by atoms with van der Waals surface area (Å²) in [5.41, 5.74) is 0.935. The number of carbonyl (C=O) groups is 2. The first-order valence-electron chi connectivity index (χ1n) is 7.27. The van der Waals surface area contributed by atoms with Crippen LogP contribution in [0.15, 0.2) is 35.8 Å². The van der Waals surface area contributed by atoms with E-state index in [2.05, 4.69) is 10.3 Å². The average molecular weight is 331 g/mol. The van der Waals surface area contributed by atoms with Crippen LogP contribution in [0.25, 0.3) is 0 Å². The molecule has 1 fully saturated rings. The van der Waals surface area contributed by atoms with Crippen LogP contribution >= 0.6 is 11.3 Å². The maximum Gasteiger partial charge on any atom is 0.231 e. The summed E-state index contributed by atoms with van der Waals surface area (Å²) in [6.45, 7) is 0.859. The molecular formula is C16H17N3O3S. The molecule has 0 bridgehead atoms. The molecule has 2 aromatic rings. The van der Waals surface area contributed by atoms with Crippen molar-refractivity contribution in [3.05, 3.63) is 41.4 Å². The van der Waals surface area contributed by atoms with Gasteiger partial charge >= 0.3 is 0 Å². The Bertz CT molecular complexity index is 702. The van der Waals surface area contributed by atoms with Crippen LogP contribution in [0.2, 0.25) is 0 Å². The van der Waals surface area contributed by atoms with Gasteiger partial charge in [-0.3, -0.25) is 9.59 Å². The van der Waals surface area contributed by atoms with E-state index < -0.39 is 0 Å². The van der Waals surface area contributed by atoms with E-state index in [0.717, 1.165) is 11.3 Å². The predicted octanol–water partition coefficient (Wildman–Crippen LogP) is 2.14. The van der Waals surface area contributed by atoms with Crippen LogP contribution < -0.4 is 10.1 Å². The van der Waals surface area contributed by atoms with Crippen molar-refractivity contribution in [2.75, 3.05) is 19.0 Å². The molecule has 3 rings (SSSR count). The lowest BCUT2D eigenvalue weighted by molar-refractivity contribution is -0.128. The highest BCUT2D eigenvalue weighted by atomic mass is 32.1. The average Bonchev–Trinajstić information content (AvgIpc) is 3.18. The van der Waals surface area contributed by atoms with E-state index in [1.807, 2.05) is 24.3 Å². The molecule has 2 heterocycles. The van der Waals surface area contributed by atoms with Gasteiger partial charge in [0.1, 0.15) is 5.75 Å². The summed E-state index contributed by atoms with van der Waals surface area (Å²) >= 11 is 1.36. The van der Waals surface area contributed by atoms with Gasteiger partial charge in [0.25, 0.3) is 0 Å². The molecule has 6 nitrogen and oxygen atoms in total. The van der Waals surface area contributed by atoms with Gasteiger partial charge in [0.2, 0.25) is 11.8 Å². The number of methoxy groups -OCH3 is 1. The first-order valence-corrected chi connectivity index (χ1v) is 8.15. The monoisotopic (exact) mass is 331 g/mol. The largest absolute Gasteiger partial charge is 0.496 e. The van der Waals surface area contributed by atoms with E-state index in [0.29, 0.717) is 18.2 Å². The third-order valence-corrected chi connectivity index (χ3v) is 4.49. The third kappa shape index (κ3) is 3.50. The molecule has 2 amide bonds. The molecule has 1 atom stereocenters. The highest BCUT2D eigenvalue weighted by Gasteiger charge is 2.34. The van der Waals surface area contributed by atoms with Crippen molar-refractivity contribution in [3.8, 4) is 5.75 Å². The predicted molar refractivity (Wildman–Crippen MR) is 87.3 cm³/mol. The van der Waals surface area contributed by atoms with Crippen LogP contribution in [0.5, 0.6) is 5.75 Å². The fourth-order valence-corrected chi connectivity index (χ4v) is 3.16. The maximum absolute atomic E-state index is 12.2. The number of thiazole rings is 1. The number of carbonyl (C=O) groups excluding carboxylic acids is 2. The number of nitrogens with zero attached hydrogens (tertiary/aromatic N) is 2. The van der Waals surface area contributed by atoms with Crippen molar-refractivity contribution in [2.24, 2.45) is 5.92 Å². The minimum atomic E-state index is -0.346. The Kier molecular flexibility index (Phi) is 4.57. The number of hydrogen-bond donors (Lipinski definition) is 1. The molecule has 120 valence electrons. The second-order valence-corrected chi connectivity index (χ2v) is 6.21. The summed E-state index contributed by atoms with van der Waals surface area (Å²) < 4.78 is 5.31. The molecule has 1 aromatic carbocycles. The van der Waals surface area contributed by atoms with Gasteiger partial charge in [-0.25, -0.2) is 4.98 Å². The molecule has 1 saturated heterocycles. The lowest BCUT2D eigenvalue weighted by Crippen LogP contribution is -2.28. The number of rotatable bonds is 5. The lowest BCUT2D eigenvalue weighted by atomic mass is 10.1. The van der Waals surface area contributed by atoms with Gasteiger partial charge in [0.05, 0.1) is 13.0 Å². The van der Waals surface area contributed by atoms with Crippen LogP contribution in [0.1, 0.15) is 12.0 Å². The summed E-state index contributed by atoms with van der Waals surface area (Å²) in [7, 11) is 1.61. The number of amides is 2. The molecule has 1 aliphatic rings. The van der Waals surface area contributed by atoms with Crippen molar-refractivity contribution in [3.63, 3.8) is 0 Å². The zero-order valence-corrected chi connectivity index (χ0v) is 13.5. The molecule has 1 aromatic heterocycles. The summed E-state index contributed by atoms with van der Waals surface area (Å²) in [5, 5.41) is 5.11. The van der Waals surface area contributed by atoms with E-state index in [1.54, 1.807) is 23.6 Å². The van der Waals surface area contributed by atoms with Crippen LogP contribution in [0.4, 0.5) is 5.13 Å². The zero-order chi connectivity index (χ0) is 16.2. The Morgan fingerprint density at radius 1 is 1.48 bits per heavy atom. The van der Waals surface area contributed by atoms with Crippen molar-refractivity contribution in [1.82, 2.24) is 9.88 Å². The molecule has 0 radical (unpaired) electrons. The Morgan fingerprint density at radius 3 is 3.04 bits per heavy atom. The molecule has 1 aliphatic heterocycles.